The van der Waals surface area contributed by atoms with E-state index in [1.54, 1.807) is 23.5 Å². The summed E-state index contributed by atoms with van der Waals surface area (Å²) in [5.74, 6) is 1.54. The third-order valence-corrected chi connectivity index (χ3v) is 5.37. The molecule has 1 amide bonds. The Morgan fingerprint density at radius 3 is 3.10 bits per heavy atom. The molecule has 0 aliphatic heterocycles. The van der Waals surface area contributed by atoms with Gasteiger partial charge in [-0.15, -0.1) is 10.2 Å². The molecule has 2 aromatic rings. The van der Waals surface area contributed by atoms with Crippen molar-refractivity contribution in [2.24, 2.45) is 0 Å². The van der Waals surface area contributed by atoms with Crippen LogP contribution in [0.15, 0.2) is 22.1 Å². The van der Waals surface area contributed by atoms with Gasteiger partial charge in [-0.1, -0.05) is 35.9 Å². The van der Waals surface area contributed by atoms with Crippen molar-refractivity contribution in [1.82, 2.24) is 20.0 Å². The van der Waals surface area contributed by atoms with Crippen molar-refractivity contribution < 1.29 is 4.79 Å². The molecule has 8 heteroatoms. The lowest BCUT2D eigenvalue weighted by atomic mass is 10.2. The standard InChI is InChI=1S/C13H17N5OS2/c19-12(6-8-20-13-17-14-9-21-13)16-11-5-7-15-18(11)10-3-1-2-4-10/h5,7,9-10H,1-4,6,8H2,(H,16,19). The van der Waals surface area contributed by atoms with E-state index in [0.29, 0.717) is 18.2 Å². The zero-order valence-corrected chi connectivity index (χ0v) is 13.2. The Balaban J connectivity index is 1.49. The second-order valence-corrected chi connectivity index (χ2v) is 7.13. The molecule has 0 aromatic carbocycles. The number of carbonyl (C=O) groups is 1. The number of aromatic nitrogens is 4. The van der Waals surface area contributed by atoms with E-state index in [4.69, 9.17) is 0 Å². The summed E-state index contributed by atoms with van der Waals surface area (Å²) in [4.78, 5) is 12.0. The highest BCUT2D eigenvalue weighted by molar-refractivity contribution is 8.01. The molecule has 0 atom stereocenters. The van der Waals surface area contributed by atoms with Crippen molar-refractivity contribution in [1.29, 1.82) is 0 Å². The van der Waals surface area contributed by atoms with E-state index < -0.39 is 0 Å². The third-order valence-electron chi connectivity index (χ3n) is 3.50. The van der Waals surface area contributed by atoms with E-state index in [2.05, 4.69) is 20.6 Å². The fourth-order valence-electron chi connectivity index (χ4n) is 2.52. The molecule has 3 rings (SSSR count). The predicted molar refractivity (Wildman–Crippen MR) is 83.6 cm³/mol. The minimum absolute atomic E-state index is 0.0202. The molecule has 112 valence electrons. The lowest BCUT2D eigenvalue weighted by Crippen LogP contribution is -2.17. The molecule has 1 N–H and O–H groups in total. The second kappa shape index (κ2) is 7.04. The van der Waals surface area contributed by atoms with Crippen LogP contribution in [0.4, 0.5) is 5.82 Å². The molecule has 0 spiro atoms. The lowest BCUT2D eigenvalue weighted by Gasteiger charge is -2.14. The van der Waals surface area contributed by atoms with Crippen LogP contribution < -0.4 is 5.32 Å². The van der Waals surface area contributed by atoms with Gasteiger partial charge < -0.3 is 5.32 Å². The summed E-state index contributed by atoms with van der Waals surface area (Å²) in [6, 6.07) is 2.31. The van der Waals surface area contributed by atoms with E-state index in [0.717, 1.165) is 23.0 Å². The highest BCUT2D eigenvalue weighted by Crippen LogP contribution is 2.31. The van der Waals surface area contributed by atoms with Crippen molar-refractivity contribution in [3.63, 3.8) is 0 Å². The van der Waals surface area contributed by atoms with Crippen LogP contribution >= 0.6 is 23.1 Å². The third kappa shape index (κ3) is 3.82. The highest BCUT2D eigenvalue weighted by Gasteiger charge is 2.20. The van der Waals surface area contributed by atoms with Crippen molar-refractivity contribution in [2.75, 3.05) is 11.1 Å². The first-order valence-corrected chi connectivity index (χ1v) is 8.92. The quantitative estimate of drug-likeness (QED) is 0.827. The van der Waals surface area contributed by atoms with Gasteiger partial charge in [-0.2, -0.15) is 5.10 Å². The van der Waals surface area contributed by atoms with Gasteiger partial charge in [-0.05, 0) is 12.8 Å². The number of thioether (sulfide) groups is 1. The van der Waals surface area contributed by atoms with Crippen molar-refractivity contribution >= 4 is 34.8 Å². The summed E-state index contributed by atoms with van der Waals surface area (Å²) in [6.07, 6.45) is 7.01. The second-order valence-electron chi connectivity index (χ2n) is 4.95. The van der Waals surface area contributed by atoms with E-state index in [-0.39, 0.29) is 5.91 Å². The van der Waals surface area contributed by atoms with E-state index in [9.17, 15) is 4.79 Å². The van der Waals surface area contributed by atoms with Crippen LogP contribution in [-0.4, -0.2) is 31.6 Å². The largest absolute Gasteiger partial charge is 0.311 e. The van der Waals surface area contributed by atoms with Crippen molar-refractivity contribution in [3.05, 3.63) is 17.8 Å². The average Bonchev–Trinajstić information content (AvgIpc) is 3.20. The molecule has 1 fully saturated rings. The van der Waals surface area contributed by atoms with Gasteiger partial charge in [-0.3, -0.25) is 4.79 Å². The summed E-state index contributed by atoms with van der Waals surface area (Å²) >= 11 is 3.05. The van der Waals surface area contributed by atoms with E-state index in [1.165, 1.54) is 24.2 Å². The lowest BCUT2D eigenvalue weighted by molar-refractivity contribution is -0.115. The maximum Gasteiger partial charge on any atom is 0.226 e. The molecule has 6 nitrogen and oxygen atoms in total. The molecular formula is C13H17N5OS2. The molecule has 0 radical (unpaired) electrons. The number of amides is 1. The Hall–Kier alpha value is -1.41. The van der Waals surface area contributed by atoms with E-state index >= 15 is 0 Å². The number of carbonyl (C=O) groups excluding carboxylic acids is 1. The number of nitrogens with zero attached hydrogens (tertiary/aromatic N) is 4. The number of anilines is 1. The number of rotatable bonds is 6. The van der Waals surface area contributed by atoms with Crippen LogP contribution in [0.5, 0.6) is 0 Å². The van der Waals surface area contributed by atoms with Crippen LogP contribution in [0.1, 0.15) is 38.1 Å². The van der Waals surface area contributed by atoms with Crippen LogP contribution in [0.3, 0.4) is 0 Å². The molecule has 0 unspecified atom stereocenters. The Morgan fingerprint density at radius 2 is 2.33 bits per heavy atom. The van der Waals surface area contributed by atoms with Crippen LogP contribution in [-0.2, 0) is 4.79 Å². The van der Waals surface area contributed by atoms with Gasteiger partial charge in [0.05, 0.1) is 12.2 Å². The van der Waals surface area contributed by atoms with Crippen LogP contribution in [0.25, 0.3) is 0 Å². The molecule has 1 aliphatic rings. The molecular weight excluding hydrogens is 306 g/mol. The van der Waals surface area contributed by atoms with Crippen molar-refractivity contribution in [3.8, 4) is 0 Å². The summed E-state index contributed by atoms with van der Waals surface area (Å²) in [7, 11) is 0. The first kappa shape index (κ1) is 14.5. The summed E-state index contributed by atoms with van der Waals surface area (Å²) in [5.41, 5.74) is 1.70. The molecule has 2 heterocycles. The normalized spacial score (nSPS) is 15.4. The van der Waals surface area contributed by atoms with Gasteiger partial charge in [0.15, 0.2) is 4.34 Å². The first-order valence-electron chi connectivity index (χ1n) is 7.05. The fourth-order valence-corrected chi connectivity index (χ4v) is 4.01. The maximum absolute atomic E-state index is 12.0. The Labute approximate surface area is 131 Å². The zero-order chi connectivity index (χ0) is 14.5. The minimum atomic E-state index is 0.0202. The highest BCUT2D eigenvalue weighted by atomic mass is 32.2. The van der Waals surface area contributed by atoms with Gasteiger partial charge in [0, 0.05) is 18.2 Å². The molecule has 21 heavy (non-hydrogen) atoms. The SMILES string of the molecule is O=C(CCSc1nncs1)Nc1ccnn1C1CCCC1. The summed E-state index contributed by atoms with van der Waals surface area (Å²) < 4.78 is 2.86. The van der Waals surface area contributed by atoms with Crippen molar-refractivity contribution in [2.45, 2.75) is 42.5 Å². The smallest absolute Gasteiger partial charge is 0.226 e. The van der Waals surface area contributed by atoms with Crippen LogP contribution in [0.2, 0.25) is 0 Å². The molecule has 0 bridgehead atoms. The predicted octanol–water partition coefficient (Wildman–Crippen LogP) is 2.97. The zero-order valence-electron chi connectivity index (χ0n) is 11.6. The average molecular weight is 323 g/mol. The Morgan fingerprint density at radius 1 is 1.48 bits per heavy atom. The van der Waals surface area contributed by atoms with Gasteiger partial charge in [0.2, 0.25) is 5.91 Å². The maximum atomic E-state index is 12.0. The van der Waals surface area contributed by atoms with Gasteiger partial charge in [0.25, 0.3) is 0 Å². The number of hydrogen-bond donors (Lipinski definition) is 1. The monoisotopic (exact) mass is 323 g/mol. The van der Waals surface area contributed by atoms with Gasteiger partial charge in [0.1, 0.15) is 11.3 Å². The number of nitrogens with one attached hydrogen (secondary N) is 1. The Bertz CT molecular complexity index is 577. The van der Waals surface area contributed by atoms with Gasteiger partial charge in [-0.25, -0.2) is 4.68 Å². The first-order chi connectivity index (χ1) is 10.3. The molecule has 0 saturated heterocycles. The summed E-state index contributed by atoms with van der Waals surface area (Å²) in [5, 5.41) is 15.0. The number of hydrogen-bond acceptors (Lipinski definition) is 6. The molecule has 1 saturated carbocycles. The van der Waals surface area contributed by atoms with E-state index in [1.807, 2.05) is 10.7 Å². The minimum Gasteiger partial charge on any atom is -0.311 e. The summed E-state index contributed by atoms with van der Waals surface area (Å²) in [6.45, 7) is 0. The molecule has 2 aromatic heterocycles. The molecule has 1 aliphatic carbocycles. The van der Waals surface area contributed by atoms with Crippen LogP contribution in [0, 0.1) is 0 Å². The Kier molecular flexibility index (Phi) is 4.87. The topological polar surface area (TPSA) is 72.7 Å². The van der Waals surface area contributed by atoms with Gasteiger partial charge >= 0.3 is 0 Å². The fraction of sp³-hybridized carbons (Fsp3) is 0.538.